The van der Waals surface area contributed by atoms with E-state index in [0.717, 1.165) is 22.9 Å². The first-order valence-electron chi connectivity index (χ1n) is 8.65. The Morgan fingerprint density at radius 2 is 1.92 bits per heavy atom. The van der Waals surface area contributed by atoms with Crippen LogP contribution in [0.3, 0.4) is 0 Å². The van der Waals surface area contributed by atoms with Crippen molar-refractivity contribution >= 4 is 33.9 Å². The predicted octanol–water partition coefficient (Wildman–Crippen LogP) is 5.39. The van der Waals surface area contributed by atoms with Crippen molar-refractivity contribution in [2.24, 2.45) is 0 Å². The van der Waals surface area contributed by atoms with Crippen LogP contribution in [0.2, 0.25) is 0 Å². The Bertz CT molecular complexity index is 895. The third kappa shape index (κ3) is 3.85. The lowest BCUT2D eigenvalue weighted by Gasteiger charge is -2.30. The minimum absolute atomic E-state index is 0.305. The minimum Gasteiger partial charge on any atom is -0.361 e. The van der Waals surface area contributed by atoms with Gasteiger partial charge in [0.05, 0.1) is 0 Å². The summed E-state index contributed by atoms with van der Waals surface area (Å²) >= 11 is 5.73. The zero-order chi connectivity index (χ0) is 18.0. The maximum absolute atomic E-state index is 5.73. The van der Waals surface area contributed by atoms with Crippen molar-refractivity contribution in [1.29, 1.82) is 0 Å². The summed E-state index contributed by atoms with van der Waals surface area (Å²) in [6.07, 6.45) is 2.08. The van der Waals surface area contributed by atoms with Crippen LogP contribution < -0.4 is 5.32 Å². The van der Waals surface area contributed by atoms with Gasteiger partial charge in [-0.15, -0.1) is 0 Å². The summed E-state index contributed by atoms with van der Waals surface area (Å²) in [7, 11) is 0. The molecule has 3 rings (SSSR count). The molecule has 0 saturated heterocycles. The number of aromatic amines is 1. The number of hydrogen-bond donors (Lipinski definition) is 2. The van der Waals surface area contributed by atoms with Gasteiger partial charge in [-0.3, -0.25) is 0 Å². The average molecular weight is 352 g/mol. The number of hydrogen-bond acceptors (Lipinski definition) is 1. The van der Waals surface area contributed by atoms with E-state index in [0.29, 0.717) is 6.04 Å². The molecule has 0 fully saturated rings. The van der Waals surface area contributed by atoms with Crippen LogP contribution in [0.1, 0.15) is 30.5 Å². The number of thiocarbonyl (C=S) groups is 1. The first-order valence-corrected chi connectivity index (χ1v) is 9.06. The number of rotatable bonds is 4. The Balaban J connectivity index is 1.82. The molecular formula is C21H25N3S. The van der Waals surface area contributed by atoms with Crippen molar-refractivity contribution in [2.45, 2.75) is 40.3 Å². The molecule has 25 heavy (non-hydrogen) atoms. The van der Waals surface area contributed by atoms with Crippen LogP contribution in [-0.2, 0) is 6.54 Å². The lowest BCUT2D eigenvalue weighted by Crippen LogP contribution is -2.39. The fourth-order valence-corrected chi connectivity index (χ4v) is 3.46. The van der Waals surface area contributed by atoms with Crippen molar-refractivity contribution < 1.29 is 0 Å². The summed E-state index contributed by atoms with van der Waals surface area (Å²) in [4.78, 5) is 5.57. The van der Waals surface area contributed by atoms with Gasteiger partial charge in [-0.1, -0.05) is 35.9 Å². The van der Waals surface area contributed by atoms with Crippen molar-refractivity contribution in [3.05, 3.63) is 65.4 Å². The molecular weight excluding hydrogens is 326 g/mol. The largest absolute Gasteiger partial charge is 0.361 e. The molecule has 0 radical (unpaired) electrons. The smallest absolute Gasteiger partial charge is 0.173 e. The van der Waals surface area contributed by atoms with E-state index in [1.54, 1.807) is 0 Å². The van der Waals surface area contributed by atoms with E-state index in [9.17, 15) is 0 Å². The maximum Gasteiger partial charge on any atom is 0.173 e. The highest BCUT2D eigenvalue weighted by molar-refractivity contribution is 7.80. The van der Waals surface area contributed by atoms with Gasteiger partial charge in [0.25, 0.3) is 0 Å². The van der Waals surface area contributed by atoms with E-state index < -0.39 is 0 Å². The van der Waals surface area contributed by atoms with E-state index in [4.69, 9.17) is 12.2 Å². The van der Waals surface area contributed by atoms with E-state index in [1.807, 2.05) is 0 Å². The van der Waals surface area contributed by atoms with Crippen LogP contribution in [0, 0.1) is 13.8 Å². The lowest BCUT2D eigenvalue weighted by atomic mass is 10.1. The quantitative estimate of drug-likeness (QED) is 0.618. The van der Waals surface area contributed by atoms with Crippen LogP contribution in [0.15, 0.2) is 48.7 Å². The van der Waals surface area contributed by atoms with E-state index >= 15 is 0 Å². The van der Waals surface area contributed by atoms with Gasteiger partial charge in [-0.05, 0) is 63.2 Å². The summed E-state index contributed by atoms with van der Waals surface area (Å²) in [5, 5.41) is 5.44. The topological polar surface area (TPSA) is 31.1 Å². The molecule has 1 aromatic heterocycles. The number of benzene rings is 2. The first-order chi connectivity index (χ1) is 12.0. The van der Waals surface area contributed by atoms with Gasteiger partial charge in [0.2, 0.25) is 0 Å². The SMILES string of the molecule is Cc1ccc(NC(=S)N(Cc2c[nH]c3ccccc23)C(C)C)c(C)c1. The number of aryl methyl sites for hydroxylation is 2. The molecule has 1 heterocycles. The lowest BCUT2D eigenvalue weighted by molar-refractivity contribution is 0.349. The van der Waals surface area contributed by atoms with Gasteiger partial charge < -0.3 is 15.2 Å². The molecule has 0 spiro atoms. The van der Waals surface area contributed by atoms with Crippen LogP contribution >= 0.6 is 12.2 Å². The number of anilines is 1. The fourth-order valence-electron chi connectivity index (χ4n) is 3.08. The highest BCUT2D eigenvalue weighted by atomic mass is 32.1. The molecule has 3 nitrogen and oxygen atoms in total. The molecule has 0 unspecified atom stereocenters. The Kier molecular flexibility index (Phi) is 5.09. The first kappa shape index (κ1) is 17.5. The summed E-state index contributed by atoms with van der Waals surface area (Å²) < 4.78 is 0. The van der Waals surface area contributed by atoms with Gasteiger partial charge in [0.15, 0.2) is 5.11 Å². The third-order valence-electron chi connectivity index (χ3n) is 4.52. The molecule has 0 amide bonds. The molecule has 130 valence electrons. The predicted molar refractivity (Wildman–Crippen MR) is 111 cm³/mol. The molecule has 0 aliphatic carbocycles. The van der Waals surface area contributed by atoms with Crippen molar-refractivity contribution in [3.8, 4) is 0 Å². The maximum atomic E-state index is 5.73. The van der Waals surface area contributed by atoms with E-state index in [1.165, 1.54) is 22.1 Å². The summed E-state index contributed by atoms with van der Waals surface area (Å²) in [5.74, 6) is 0. The summed E-state index contributed by atoms with van der Waals surface area (Å²) in [6.45, 7) is 9.33. The van der Waals surface area contributed by atoms with Crippen molar-refractivity contribution in [1.82, 2.24) is 9.88 Å². The number of fused-ring (bicyclic) bond motifs is 1. The molecule has 0 bridgehead atoms. The molecule has 4 heteroatoms. The number of para-hydroxylation sites is 1. The van der Waals surface area contributed by atoms with Crippen molar-refractivity contribution in [2.75, 3.05) is 5.32 Å². The van der Waals surface area contributed by atoms with Crippen LogP contribution in [0.5, 0.6) is 0 Å². The highest BCUT2D eigenvalue weighted by Gasteiger charge is 2.16. The Hall–Kier alpha value is -2.33. The average Bonchev–Trinajstić information content (AvgIpc) is 2.98. The van der Waals surface area contributed by atoms with Crippen molar-refractivity contribution in [3.63, 3.8) is 0 Å². The fraction of sp³-hybridized carbons (Fsp3) is 0.286. The van der Waals surface area contributed by atoms with E-state index in [2.05, 4.69) is 91.6 Å². The number of H-pyrrole nitrogens is 1. The van der Waals surface area contributed by atoms with Crippen LogP contribution in [-0.4, -0.2) is 21.0 Å². The molecule has 0 saturated carbocycles. The second-order valence-corrected chi connectivity index (χ2v) is 7.22. The zero-order valence-electron chi connectivity index (χ0n) is 15.3. The molecule has 2 aromatic carbocycles. The third-order valence-corrected chi connectivity index (χ3v) is 4.86. The standard InChI is InChI=1S/C21H25N3S/c1-14(2)24(13-17-12-22-20-8-6-5-7-18(17)20)21(25)23-19-10-9-15(3)11-16(19)4/h5-12,14,22H,13H2,1-4H3,(H,23,25). The van der Waals surface area contributed by atoms with Gasteiger partial charge in [0, 0.05) is 35.4 Å². The van der Waals surface area contributed by atoms with E-state index in [-0.39, 0.29) is 0 Å². The molecule has 0 atom stereocenters. The molecule has 2 N–H and O–H groups in total. The normalized spacial score (nSPS) is 11.1. The number of aromatic nitrogens is 1. The Labute approximate surface area is 155 Å². The summed E-state index contributed by atoms with van der Waals surface area (Å²) in [6, 6.07) is 15.1. The zero-order valence-corrected chi connectivity index (χ0v) is 16.1. The number of nitrogens with one attached hydrogen (secondary N) is 2. The Morgan fingerprint density at radius 3 is 2.64 bits per heavy atom. The monoisotopic (exact) mass is 351 g/mol. The second-order valence-electron chi connectivity index (χ2n) is 6.83. The van der Waals surface area contributed by atoms with Gasteiger partial charge in [0.1, 0.15) is 0 Å². The van der Waals surface area contributed by atoms with Gasteiger partial charge >= 0.3 is 0 Å². The van der Waals surface area contributed by atoms with Crippen LogP contribution in [0.25, 0.3) is 10.9 Å². The van der Waals surface area contributed by atoms with Crippen LogP contribution in [0.4, 0.5) is 5.69 Å². The molecule has 0 aliphatic rings. The minimum atomic E-state index is 0.305. The summed E-state index contributed by atoms with van der Waals surface area (Å²) in [5.41, 5.74) is 5.95. The molecule has 0 aliphatic heterocycles. The highest BCUT2D eigenvalue weighted by Crippen LogP contribution is 2.22. The second kappa shape index (κ2) is 7.28. The van der Waals surface area contributed by atoms with Gasteiger partial charge in [-0.2, -0.15) is 0 Å². The Morgan fingerprint density at radius 1 is 1.16 bits per heavy atom. The van der Waals surface area contributed by atoms with Gasteiger partial charge in [-0.25, -0.2) is 0 Å². The number of nitrogens with zero attached hydrogens (tertiary/aromatic N) is 1. The molecule has 3 aromatic rings.